The van der Waals surface area contributed by atoms with Crippen molar-refractivity contribution in [3.8, 4) is 11.1 Å². The molecular formula is C11H10N4O2. The molecule has 0 saturated heterocycles. The number of carbonyl (C=O) groups is 1. The van der Waals surface area contributed by atoms with Crippen LogP contribution < -0.4 is 5.32 Å². The highest BCUT2D eigenvalue weighted by Gasteiger charge is 2.01. The molecule has 0 amide bonds. The van der Waals surface area contributed by atoms with Gasteiger partial charge in [0, 0.05) is 35.9 Å². The number of pyridine rings is 1. The van der Waals surface area contributed by atoms with Gasteiger partial charge in [0.05, 0.1) is 0 Å². The lowest BCUT2D eigenvalue weighted by Crippen LogP contribution is -2.14. The molecule has 0 aliphatic rings. The second-order valence-corrected chi connectivity index (χ2v) is 3.28. The Hall–Kier alpha value is -2.50. The molecule has 0 aromatic carbocycles. The minimum absolute atomic E-state index is 0.202. The fourth-order valence-corrected chi connectivity index (χ4v) is 1.26. The van der Waals surface area contributed by atoms with Crippen molar-refractivity contribution in [2.75, 3.05) is 11.9 Å². The molecule has 6 heteroatoms. The molecule has 0 aliphatic carbocycles. The summed E-state index contributed by atoms with van der Waals surface area (Å²) in [5.74, 6) is -0.662. The van der Waals surface area contributed by atoms with Crippen LogP contribution >= 0.6 is 0 Å². The molecule has 0 bridgehead atoms. The highest BCUT2D eigenvalue weighted by molar-refractivity contribution is 5.72. The molecule has 0 fully saturated rings. The molecule has 2 aromatic rings. The molecule has 0 radical (unpaired) electrons. The van der Waals surface area contributed by atoms with Gasteiger partial charge in [-0.1, -0.05) is 6.07 Å². The Morgan fingerprint density at radius 1 is 1.24 bits per heavy atom. The third-order valence-corrected chi connectivity index (χ3v) is 2.04. The van der Waals surface area contributed by atoms with E-state index in [4.69, 9.17) is 5.11 Å². The van der Waals surface area contributed by atoms with Crippen LogP contribution in [0.25, 0.3) is 11.1 Å². The molecule has 2 N–H and O–H groups in total. The topological polar surface area (TPSA) is 88.0 Å². The van der Waals surface area contributed by atoms with Gasteiger partial charge in [0.2, 0.25) is 5.95 Å². The number of hydrogen-bond donors (Lipinski definition) is 2. The molecule has 0 unspecified atom stereocenters. The zero-order valence-electron chi connectivity index (χ0n) is 8.87. The molecule has 0 atom stereocenters. The number of nitrogens with one attached hydrogen (secondary N) is 1. The van der Waals surface area contributed by atoms with Gasteiger partial charge in [0.1, 0.15) is 6.54 Å². The van der Waals surface area contributed by atoms with E-state index in [2.05, 4.69) is 20.3 Å². The summed E-state index contributed by atoms with van der Waals surface area (Å²) in [6.45, 7) is -0.202. The summed E-state index contributed by atoms with van der Waals surface area (Å²) in [5, 5.41) is 11.1. The van der Waals surface area contributed by atoms with Gasteiger partial charge in [-0.25, -0.2) is 9.97 Å². The van der Waals surface area contributed by atoms with Crippen LogP contribution in [0, 0.1) is 0 Å². The van der Waals surface area contributed by atoms with Crippen LogP contribution in [0.3, 0.4) is 0 Å². The van der Waals surface area contributed by atoms with Gasteiger partial charge in [0.25, 0.3) is 0 Å². The second-order valence-electron chi connectivity index (χ2n) is 3.28. The Bertz CT molecular complexity index is 499. The summed E-state index contributed by atoms with van der Waals surface area (Å²) in [4.78, 5) is 22.4. The molecule has 2 aromatic heterocycles. The summed E-state index contributed by atoms with van der Waals surface area (Å²) in [7, 11) is 0. The highest BCUT2D eigenvalue weighted by Crippen LogP contribution is 2.15. The molecule has 6 nitrogen and oxygen atoms in total. The van der Waals surface area contributed by atoms with Gasteiger partial charge < -0.3 is 10.4 Å². The van der Waals surface area contributed by atoms with Crippen LogP contribution in [-0.2, 0) is 4.79 Å². The van der Waals surface area contributed by atoms with E-state index in [-0.39, 0.29) is 6.54 Å². The predicted molar refractivity (Wildman–Crippen MR) is 61.4 cm³/mol. The molecule has 0 spiro atoms. The number of carboxylic acid groups (broad SMARTS) is 1. The van der Waals surface area contributed by atoms with Gasteiger partial charge in [-0.2, -0.15) is 0 Å². The van der Waals surface area contributed by atoms with E-state index < -0.39 is 5.97 Å². The van der Waals surface area contributed by atoms with E-state index >= 15 is 0 Å². The number of hydrogen-bond acceptors (Lipinski definition) is 5. The first-order valence-electron chi connectivity index (χ1n) is 4.94. The van der Waals surface area contributed by atoms with Crippen molar-refractivity contribution in [1.29, 1.82) is 0 Å². The van der Waals surface area contributed by atoms with Crippen LogP contribution in [0.5, 0.6) is 0 Å². The first kappa shape index (κ1) is 11.0. The van der Waals surface area contributed by atoms with E-state index in [9.17, 15) is 4.79 Å². The third-order valence-electron chi connectivity index (χ3n) is 2.04. The number of anilines is 1. The Morgan fingerprint density at radius 3 is 2.59 bits per heavy atom. The fraction of sp³-hybridized carbons (Fsp3) is 0.0909. The molecule has 0 aliphatic heterocycles. The van der Waals surface area contributed by atoms with Gasteiger partial charge >= 0.3 is 5.97 Å². The molecule has 86 valence electrons. The summed E-state index contributed by atoms with van der Waals surface area (Å²) in [5.41, 5.74) is 1.75. The van der Waals surface area contributed by atoms with Gasteiger partial charge in [-0.3, -0.25) is 9.78 Å². The van der Waals surface area contributed by atoms with Crippen molar-refractivity contribution in [2.24, 2.45) is 0 Å². The zero-order valence-corrected chi connectivity index (χ0v) is 8.87. The molecule has 2 heterocycles. The highest BCUT2D eigenvalue weighted by atomic mass is 16.4. The molecular weight excluding hydrogens is 220 g/mol. The van der Waals surface area contributed by atoms with Crippen LogP contribution in [-0.4, -0.2) is 32.6 Å². The van der Waals surface area contributed by atoms with Crippen molar-refractivity contribution in [3.63, 3.8) is 0 Å². The van der Waals surface area contributed by atoms with E-state index in [1.54, 1.807) is 24.8 Å². The van der Waals surface area contributed by atoms with E-state index in [1.165, 1.54) is 0 Å². The Balaban J connectivity index is 2.11. The summed E-state index contributed by atoms with van der Waals surface area (Å²) < 4.78 is 0. The van der Waals surface area contributed by atoms with Crippen molar-refractivity contribution in [3.05, 3.63) is 36.9 Å². The SMILES string of the molecule is O=C(O)CNc1ncc(-c2cccnc2)cn1. The first-order chi connectivity index (χ1) is 8.25. The minimum Gasteiger partial charge on any atom is -0.480 e. The van der Waals surface area contributed by atoms with Gasteiger partial charge in [-0.15, -0.1) is 0 Å². The summed E-state index contributed by atoms with van der Waals surface area (Å²) >= 11 is 0. The number of rotatable bonds is 4. The van der Waals surface area contributed by atoms with Crippen LogP contribution in [0.2, 0.25) is 0 Å². The van der Waals surface area contributed by atoms with Crippen molar-refractivity contribution in [1.82, 2.24) is 15.0 Å². The standard InChI is InChI=1S/C11H10N4O2/c16-10(17)7-15-11-13-5-9(6-14-11)8-2-1-3-12-4-8/h1-6H,7H2,(H,16,17)(H,13,14,15). The van der Waals surface area contributed by atoms with E-state index in [0.29, 0.717) is 5.95 Å². The van der Waals surface area contributed by atoms with E-state index in [0.717, 1.165) is 11.1 Å². The maximum atomic E-state index is 10.3. The van der Waals surface area contributed by atoms with Crippen LogP contribution in [0.1, 0.15) is 0 Å². The normalized spacial score (nSPS) is 9.88. The van der Waals surface area contributed by atoms with Gasteiger partial charge in [0.15, 0.2) is 0 Å². The lowest BCUT2D eigenvalue weighted by atomic mass is 10.2. The smallest absolute Gasteiger partial charge is 0.322 e. The lowest BCUT2D eigenvalue weighted by Gasteiger charge is -2.03. The minimum atomic E-state index is -0.954. The number of carboxylic acids is 1. The first-order valence-corrected chi connectivity index (χ1v) is 4.94. The summed E-state index contributed by atoms with van der Waals surface area (Å²) in [6.07, 6.45) is 6.64. The Kier molecular flexibility index (Phi) is 3.25. The van der Waals surface area contributed by atoms with E-state index in [1.807, 2.05) is 12.1 Å². The van der Waals surface area contributed by atoms with Crippen LogP contribution in [0.4, 0.5) is 5.95 Å². The molecule has 0 saturated carbocycles. The van der Waals surface area contributed by atoms with Crippen molar-refractivity contribution in [2.45, 2.75) is 0 Å². The third kappa shape index (κ3) is 2.97. The number of aliphatic carboxylic acids is 1. The Labute approximate surface area is 97.4 Å². The monoisotopic (exact) mass is 230 g/mol. The maximum absolute atomic E-state index is 10.3. The van der Waals surface area contributed by atoms with Crippen LogP contribution in [0.15, 0.2) is 36.9 Å². The Morgan fingerprint density at radius 2 is 2.00 bits per heavy atom. The van der Waals surface area contributed by atoms with Crippen molar-refractivity contribution >= 4 is 11.9 Å². The average Bonchev–Trinajstić information content (AvgIpc) is 2.38. The number of aromatic nitrogens is 3. The number of nitrogens with zero attached hydrogens (tertiary/aromatic N) is 3. The lowest BCUT2D eigenvalue weighted by molar-refractivity contribution is -0.134. The average molecular weight is 230 g/mol. The largest absolute Gasteiger partial charge is 0.480 e. The zero-order chi connectivity index (χ0) is 12.1. The summed E-state index contributed by atoms with van der Waals surface area (Å²) in [6, 6.07) is 3.72. The fourth-order valence-electron chi connectivity index (χ4n) is 1.26. The maximum Gasteiger partial charge on any atom is 0.322 e. The quantitative estimate of drug-likeness (QED) is 0.815. The molecule has 17 heavy (non-hydrogen) atoms. The predicted octanol–water partition coefficient (Wildman–Crippen LogP) is 1.04. The van der Waals surface area contributed by atoms with Gasteiger partial charge in [-0.05, 0) is 6.07 Å². The van der Waals surface area contributed by atoms with Crippen molar-refractivity contribution < 1.29 is 9.90 Å². The second kappa shape index (κ2) is 5.02. The molecule has 2 rings (SSSR count).